The molecule has 33 heavy (non-hydrogen) atoms. The van der Waals surface area contributed by atoms with Crippen molar-refractivity contribution < 1.29 is 18.8 Å². The second kappa shape index (κ2) is 9.33. The number of carbonyl (C=O) groups excluding carboxylic acids is 1. The minimum atomic E-state index is -0.641. The molecule has 4 rings (SSSR count). The standard InChI is InChI=1S/C25H28BN3O4/c1-24(2)25(3,4)33-26(32-24)19(14-20-16-27-21-12-8-9-13-22(21)29-20)15-28-23(30)31-17-18-10-6-5-7-11-18/h5-14,16H,15,17H2,1-4H3,(H,28,30). The molecule has 1 aromatic heterocycles. The van der Waals surface area contributed by atoms with E-state index in [1.807, 2.05) is 88.4 Å². The Bertz CT molecular complexity index is 1150. The maximum absolute atomic E-state index is 12.3. The van der Waals surface area contributed by atoms with E-state index >= 15 is 0 Å². The minimum Gasteiger partial charge on any atom is -0.445 e. The molecule has 1 N–H and O–H groups in total. The molecular formula is C25H28BN3O4. The maximum Gasteiger partial charge on any atom is 0.492 e. The van der Waals surface area contributed by atoms with Crippen LogP contribution in [0.15, 0.2) is 66.3 Å². The van der Waals surface area contributed by atoms with Gasteiger partial charge in [0.05, 0.1) is 34.1 Å². The van der Waals surface area contributed by atoms with Gasteiger partial charge in [0.25, 0.3) is 0 Å². The van der Waals surface area contributed by atoms with Gasteiger partial charge in [-0.2, -0.15) is 0 Å². The highest BCUT2D eigenvalue weighted by Gasteiger charge is 2.52. The third-order valence-corrected chi connectivity index (χ3v) is 6.01. The zero-order valence-corrected chi connectivity index (χ0v) is 19.4. The number of fused-ring (bicyclic) bond motifs is 1. The molecule has 0 aliphatic carbocycles. The van der Waals surface area contributed by atoms with Gasteiger partial charge in [-0.3, -0.25) is 4.98 Å². The van der Waals surface area contributed by atoms with Crippen LogP contribution in [0.25, 0.3) is 17.1 Å². The average molecular weight is 445 g/mol. The van der Waals surface area contributed by atoms with Crippen LogP contribution in [-0.2, 0) is 20.7 Å². The molecule has 0 radical (unpaired) electrons. The number of amides is 1. The van der Waals surface area contributed by atoms with Crippen LogP contribution >= 0.6 is 0 Å². The van der Waals surface area contributed by atoms with E-state index < -0.39 is 24.4 Å². The van der Waals surface area contributed by atoms with Crippen molar-refractivity contribution in [2.24, 2.45) is 0 Å². The van der Waals surface area contributed by atoms with Crippen molar-refractivity contribution in [3.63, 3.8) is 0 Å². The molecule has 0 bridgehead atoms. The summed E-state index contributed by atoms with van der Waals surface area (Å²) in [5.74, 6) is 0. The molecule has 1 aliphatic heterocycles. The predicted molar refractivity (Wildman–Crippen MR) is 128 cm³/mol. The Morgan fingerprint density at radius 3 is 2.33 bits per heavy atom. The van der Waals surface area contributed by atoms with Gasteiger partial charge >= 0.3 is 13.2 Å². The number of alkyl carbamates (subject to hydrolysis) is 1. The molecule has 0 saturated carbocycles. The van der Waals surface area contributed by atoms with Crippen LogP contribution in [0.5, 0.6) is 0 Å². The zero-order valence-electron chi connectivity index (χ0n) is 19.4. The largest absolute Gasteiger partial charge is 0.492 e. The van der Waals surface area contributed by atoms with Crippen molar-refractivity contribution >= 4 is 30.3 Å². The van der Waals surface area contributed by atoms with Crippen LogP contribution in [0.4, 0.5) is 4.79 Å². The fraction of sp³-hybridized carbons (Fsp3) is 0.320. The predicted octanol–water partition coefficient (Wildman–Crippen LogP) is 4.57. The van der Waals surface area contributed by atoms with E-state index in [-0.39, 0.29) is 13.2 Å². The Morgan fingerprint density at radius 1 is 1.00 bits per heavy atom. The van der Waals surface area contributed by atoms with Crippen molar-refractivity contribution in [1.82, 2.24) is 15.3 Å². The van der Waals surface area contributed by atoms with E-state index in [1.54, 1.807) is 6.20 Å². The van der Waals surface area contributed by atoms with Gasteiger partial charge in [-0.25, -0.2) is 9.78 Å². The number of carbonyl (C=O) groups is 1. The van der Waals surface area contributed by atoms with E-state index in [0.717, 1.165) is 22.1 Å². The van der Waals surface area contributed by atoms with Gasteiger partial charge < -0.3 is 19.4 Å². The topological polar surface area (TPSA) is 82.6 Å². The number of ether oxygens (including phenoxy) is 1. The maximum atomic E-state index is 12.3. The molecule has 8 heteroatoms. The Hall–Kier alpha value is -3.23. The molecule has 1 amide bonds. The van der Waals surface area contributed by atoms with Crippen LogP contribution in [-0.4, -0.2) is 40.9 Å². The fourth-order valence-corrected chi connectivity index (χ4v) is 3.38. The van der Waals surface area contributed by atoms with Gasteiger partial charge in [0.15, 0.2) is 0 Å². The highest BCUT2D eigenvalue weighted by molar-refractivity contribution is 6.56. The van der Waals surface area contributed by atoms with Gasteiger partial charge in [-0.05, 0) is 56.9 Å². The number of nitrogens with one attached hydrogen (secondary N) is 1. The van der Waals surface area contributed by atoms with E-state index in [4.69, 9.17) is 14.0 Å². The Balaban J connectivity index is 1.52. The lowest BCUT2D eigenvalue weighted by molar-refractivity contribution is 0.00578. The number of aromatic nitrogens is 2. The molecular weight excluding hydrogens is 417 g/mol. The Morgan fingerprint density at radius 2 is 1.64 bits per heavy atom. The molecule has 1 saturated heterocycles. The monoisotopic (exact) mass is 445 g/mol. The number of hydrogen-bond acceptors (Lipinski definition) is 6. The van der Waals surface area contributed by atoms with E-state index in [0.29, 0.717) is 5.69 Å². The van der Waals surface area contributed by atoms with Crippen molar-refractivity contribution in [3.05, 3.63) is 77.5 Å². The normalized spacial score (nSPS) is 17.2. The highest BCUT2D eigenvalue weighted by Crippen LogP contribution is 2.38. The van der Waals surface area contributed by atoms with Crippen molar-refractivity contribution in [3.8, 4) is 0 Å². The lowest BCUT2D eigenvalue weighted by Crippen LogP contribution is -2.41. The fourth-order valence-electron chi connectivity index (χ4n) is 3.38. The molecule has 170 valence electrons. The molecule has 3 aromatic rings. The summed E-state index contributed by atoms with van der Waals surface area (Å²) < 4.78 is 17.8. The summed E-state index contributed by atoms with van der Waals surface area (Å²) in [5, 5.41) is 2.80. The number of nitrogens with zero attached hydrogens (tertiary/aromatic N) is 2. The quantitative estimate of drug-likeness (QED) is 0.560. The molecule has 0 spiro atoms. The van der Waals surface area contributed by atoms with Crippen LogP contribution in [0, 0.1) is 0 Å². The molecule has 1 aliphatic rings. The highest BCUT2D eigenvalue weighted by atomic mass is 16.7. The van der Waals surface area contributed by atoms with Gasteiger partial charge in [-0.15, -0.1) is 0 Å². The first kappa shape index (κ1) is 23.0. The molecule has 0 atom stereocenters. The van der Waals surface area contributed by atoms with E-state index in [1.165, 1.54) is 0 Å². The van der Waals surface area contributed by atoms with Crippen molar-refractivity contribution in [1.29, 1.82) is 0 Å². The third kappa shape index (κ3) is 5.41. The summed E-state index contributed by atoms with van der Waals surface area (Å²) in [6.07, 6.45) is 3.02. The first-order valence-electron chi connectivity index (χ1n) is 11.0. The second-order valence-corrected chi connectivity index (χ2v) is 9.01. The van der Waals surface area contributed by atoms with Crippen LogP contribution in [0.1, 0.15) is 39.0 Å². The Kier molecular flexibility index (Phi) is 6.49. The SMILES string of the molecule is CC1(C)OB(C(=Cc2cnc3ccccc3n2)CNC(=O)OCc2ccccc2)OC1(C)C. The molecule has 2 aromatic carbocycles. The van der Waals surface area contributed by atoms with Gasteiger partial charge in [0.1, 0.15) is 6.61 Å². The summed E-state index contributed by atoms with van der Waals surface area (Å²) in [4.78, 5) is 21.5. The lowest BCUT2D eigenvalue weighted by atomic mass is 9.77. The van der Waals surface area contributed by atoms with Crippen LogP contribution < -0.4 is 5.32 Å². The van der Waals surface area contributed by atoms with E-state index in [9.17, 15) is 4.79 Å². The summed E-state index contributed by atoms with van der Waals surface area (Å²) >= 11 is 0. The summed E-state index contributed by atoms with van der Waals surface area (Å²) in [6.45, 7) is 8.32. The first-order chi connectivity index (χ1) is 15.7. The summed E-state index contributed by atoms with van der Waals surface area (Å²) in [7, 11) is -0.641. The smallest absolute Gasteiger partial charge is 0.445 e. The molecule has 2 heterocycles. The number of benzene rings is 2. The molecule has 1 fully saturated rings. The zero-order chi connectivity index (χ0) is 23.5. The van der Waals surface area contributed by atoms with Crippen LogP contribution in [0.3, 0.4) is 0 Å². The second-order valence-electron chi connectivity index (χ2n) is 9.01. The molecule has 7 nitrogen and oxygen atoms in total. The van der Waals surface area contributed by atoms with Gasteiger partial charge in [0.2, 0.25) is 0 Å². The van der Waals surface area contributed by atoms with Gasteiger partial charge in [0, 0.05) is 6.54 Å². The minimum absolute atomic E-state index is 0.180. The number of hydrogen-bond donors (Lipinski definition) is 1. The van der Waals surface area contributed by atoms with E-state index in [2.05, 4.69) is 15.3 Å². The average Bonchev–Trinajstić information content (AvgIpc) is 3.02. The van der Waals surface area contributed by atoms with Gasteiger partial charge in [-0.1, -0.05) is 42.5 Å². The summed E-state index contributed by atoms with van der Waals surface area (Å²) in [6, 6.07) is 17.2. The number of para-hydroxylation sites is 2. The van der Waals surface area contributed by atoms with Crippen molar-refractivity contribution in [2.45, 2.75) is 45.5 Å². The first-order valence-corrected chi connectivity index (χ1v) is 11.0. The lowest BCUT2D eigenvalue weighted by Gasteiger charge is -2.32. The third-order valence-electron chi connectivity index (χ3n) is 6.01. The number of rotatable bonds is 6. The Labute approximate surface area is 194 Å². The van der Waals surface area contributed by atoms with Crippen LogP contribution in [0.2, 0.25) is 0 Å². The van der Waals surface area contributed by atoms with Crippen molar-refractivity contribution in [2.75, 3.05) is 6.54 Å². The summed E-state index contributed by atoms with van der Waals surface area (Å²) in [5.41, 5.74) is 2.86. The molecule has 0 unspecified atom stereocenters.